The Hall–Kier alpha value is -1.54. The van der Waals surface area contributed by atoms with Crippen LogP contribution < -0.4 is 0 Å². The lowest BCUT2D eigenvalue weighted by Crippen LogP contribution is -2.48. The zero-order valence-electron chi connectivity index (χ0n) is 19.8. The molecule has 0 saturated carbocycles. The number of amides is 2. The standard InChI is InChI=1S/C20H40N2O5Si/c1-15(14-26-28(11,12)20(6,7)8)16(2)22(13-17(23)21(9)25-10)18(24)27-19(3,4)5/h14,16H,13H2,1-12H3. The lowest BCUT2D eigenvalue weighted by Gasteiger charge is -2.36. The first-order valence-electron chi connectivity index (χ1n) is 9.57. The molecule has 0 fully saturated rings. The Morgan fingerprint density at radius 3 is 2.00 bits per heavy atom. The van der Waals surface area contributed by atoms with Gasteiger partial charge in [-0.2, -0.15) is 0 Å². The molecule has 0 aliphatic heterocycles. The molecule has 8 heteroatoms. The van der Waals surface area contributed by atoms with Gasteiger partial charge in [0, 0.05) is 7.05 Å². The van der Waals surface area contributed by atoms with Crippen molar-refractivity contribution in [2.45, 2.75) is 85.2 Å². The Balaban J connectivity index is 5.59. The van der Waals surface area contributed by atoms with Gasteiger partial charge in [0.2, 0.25) is 8.32 Å². The van der Waals surface area contributed by atoms with E-state index >= 15 is 0 Å². The Morgan fingerprint density at radius 2 is 1.61 bits per heavy atom. The van der Waals surface area contributed by atoms with Gasteiger partial charge >= 0.3 is 6.09 Å². The minimum atomic E-state index is -1.98. The summed E-state index contributed by atoms with van der Waals surface area (Å²) in [7, 11) is 0.928. The first-order valence-corrected chi connectivity index (χ1v) is 12.5. The predicted molar refractivity (Wildman–Crippen MR) is 114 cm³/mol. The van der Waals surface area contributed by atoms with E-state index < -0.39 is 20.0 Å². The highest BCUT2D eigenvalue weighted by Gasteiger charge is 2.38. The number of likely N-dealkylation sites (N-methyl/N-ethyl adjacent to an activating group) is 1. The molecule has 0 aliphatic rings. The maximum atomic E-state index is 12.7. The Kier molecular flexibility index (Phi) is 9.24. The third kappa shape index (κ3) is 8.22. The van der Waals surface area contributed by atoms with Crippen LogP contribution in [-0.2, 0) is 18.8 Å². The fourth-order valence-electron chi connectivity index (χ4n) is 1.79. The van der Waals surface area contributed by atoms with E-state index in [1.165, 1.54) is 19.1 Å². The number of carbonyl (C=O) groups excluding carboxylic acids is 2. The molecule has 0 aromatic rings. The monoisotopic (exact) mass is 416 g/mol. The molecular weight excluding hydrogens is 376 g/mol. The number of ether oxygens (including phenoxy) is 1. The molecule has 0 heterocycles. The van der Waals surface area contributed by atoms with Gasteiger partial charge < -0.3 is 9.16 Å². The maximum absolute atomic E-state index is 12.7. The Morgan fingerprint density at radius 1 is 1.11 bits per heavy atom. The van der Waals surface area contributed by atoms with Crippen LogP contribution >= 0.6 is 0 Å². The van der Waals surface area contributed by atoms with E-state index in [4.69, 9.17) is 14.0 Å². The highest BCUT2D eigenvalue weighted by molar-refractivity contribution is 6.74. The molecule has 0 saturated heterocycles. The molecule has 0 rings (SSSR count). The third-order valence-electron chi connectivity index (χ3n) is 5.03. The molecule has 2 amide bonds. The Bertz CT molecular complexity index is 576. The molecule has 1 unspecified atom stereocenters. The zero-order valence-corrected chi connectivity index (χ0v) is 20.8. The van der Waals surface area contributed by atoms with E-state index in [2.05, 4.69) is 33.9 Å². The predicted octanol–water partition coefficient (Wildman–Crippen LogP) is 4.56. The summed E-state index contributed by atoms with van der Waals surface area (Å²) in [4.78, 5) is 31.4. The first-order chi connectivity index (χ1) is 12.4. The van der Waals surface area contributed by atoms with Gasteiger partial charge in [0.15, 0.2) is 0 Å². The summed E-state index contributed by atoms with van der Waals surface area (Å²) in [5.74, 6) is -0.349. The van der Waals surface area contributed by atoms with Crippen LogP contribution in [0.1, 0.15) is 55.4 Å². The number of carbonyl (C=O) groups is 2. The van der Waals surface area contributed by atoms with Gasteiger partial charge in [0.05, 0.1) is 19.4 Å². The van der Waals surface area contributed by atoms with Crippen LogP contribution in [0, 0.1) is 0 Å². The minimum Gasteiger partial charge on any atom is -0.549 e. The molecule has 0 aromatic heterocycles. The van der Waals surface area contributed by atoms with Crippen molar-refractivity contribution in [3.05, 3.63) is 11.8 Å². The van der Waals surface area contributed by atoms with E-state index in [1.54, 1.807) is 27.0 Å². The molecule has 7 nitrogen and oxygen atoms in total. The number of nitrogens with zero attached hydrogens (tertiary/aromatic N) is 2. The highest BCUT2D eigenvalue weighted by Crippen LogP contribution is 2.37. The van der Waals surface area contributed by atoms with Crippen molar-refractivity contribution in [1.82, 2.24) is 9.96 Å². The molecule has 28 heavy (non-hydrogen) atoms. The number of hydrogen-bond acceptors (Lipinski definition) is 5. The first kappa shape index (κ1) is 26.5. The minimum absolute atomic E-state index is 0.0645. The molecule has 164 valence electrons. The summed E-state index contributed by atoms with van der Waals surface area (Å²) in [6.07, 6.45) is 1.17. The van der Waals surface area contributed by atoms with Crippen molar-refractivity contribution >= 4 is 20.3 Å². The maximum Gasteiger partial charge on any atom is 0.411 e. The summed E-state index contributed by atoms with van der Waals surface area (Å²) < 4.78 is 11.7. The van der Waals surface area contributed by atoms with Gasteiger partial charge in [-0.25, -0.2) is 9.86 Å². The second-order valence-corrected chi connectivity index (χ2v) is 14.4. The molecule has 0 N–H and O–H groups in total. The number of rotatable bonds is 7. The normalized spacial score (nSPS) is 14.4. The van der Waals surface area contributed by atoms with E-state index in [0.717, 1.165) is 10.6 Å². The van der Waals surface area contributed by atoms with Crippen LogP contribution in [0.4, 0.5) is 4.79 Å². The fraction of sp³-hybridized carbons (Fsp3) is 0.800. The van der Waals surface area contributed by atoms with Gasteiger partial charge in [0.25, 0.3) is 5.91 Å². The molecule has 1 atom stereocenters. The van der Waals surface area contributed by atoms with Gasteiger partial charge in [-0.15, -0.1) is 0 Å². The van der Waals surface area contributed by atoms with E-state index in [-0.39, 0.29) is 23.5 Å². The van der Waals surface area contributed by atoms with Crippen LogP contribution in [0.15, 0.2) is 11.8 Å². The van der Waals surface area contributed by atoms with Crippen LogP contribution in [0.5, 0.6) is 0 Å². The van der Waals surface area contributed by atoms with Crippen molar-refractivity contribution < 1.29 is 23.6 Å². The lowest BCUT2D eigenvalue weighted by atomic mass is 10.1. The number of hydroxylamine groups is 2. The van der Waals surface area contributed by atoms with Crippen molar-refractivity contribution in [2.75, 3.05) is 20.7 Å². The van der Waals surface area contributed by atoms with Crippen LogP contribution in [-0.4, -0.2) is 62.6 Å². The van der Waals surface area contributed by atoms with Crippen molar-refractivity contribution in [3.8, 4) is 0 Å². The summed E-state index contributed by atoms with van der Waals surface area (Å²) in [6, 6.07) is -0.381. The highest BCUT2D eigenvalue weighted by atomic mass is 28.4. The molecular formula is C20H40N2O5Si. The summed E-state index contributed by atoms with van der Waals surface area (Å²) in [5, 5.41) is 1.16. The third-order valence-corrected chi connectivity index (χ3v) is 9.35. The van der Waals surface area contributed by atoms with E-state index in [1.807, 2.05) is 13.8 Å². The van der Waals surface area contributed by atoms with Gasteiger partial charge in [-0.3, -0.25) is 14.5 Å². The van der Waals surface area contributed by atoms with Crippen LogP contribution in [0.25, 0.3) is 0 Å². The topological polar surface area (TPSA) is 68.3 Å². The molecule has 0 radical (unpaired) electrons. The quantitative estimate of drug-likeness (QED) is 0.346. The average molecular weight is 417 g/mol. The summed E-state index contributed by atoms with van der Waals surface area (Å²) in [5.41, 5.74) is 0.170. The number of hydrogen-bond donors (Lipinski definition) is 0. The van der Waals surface area contributed by atoms with Gasteiger partial charge in [0.1, 0.15) is 12.1 Å². The molecule has 0 aliphatic carbocycles. The summed E-state index contributed by atoms with van der Waals surface area (Å²) in [6.45, 7) is 19.8. The second-order valence-electron chi connectivity index (χ2n) is 9.60. The van der Waals surface area contributed by atoms with Crippen molar-refractivity contribution in [3.63, 3.8) is 0 Å². The Labute approximate surface area is 172 Å². The second kappa shape index (κ2) is 9.78. The largest absolute Gasteiger partial charge is 0.549 e. The summed E-state index contributed by atoms with van der Waals surface area (Å²) >= 11 is 0. The molecule has 0 spiro atoms. The lowest BCUT2D eigenvalue weighted by molar-refractivity contribution is -0.169. The van der Waals surface area contributed by atoms with Crippen molar-refractivity contribution in [2.24, 2.45) is 0 Å². The fourth-order valence-corrected chi connectivity index (χ4v) is 2.62. The smallest absolute Gasteiger partial charge is 0.411 e. The van der Waals surface area contributed by atoms with E-state index in [9.17, 15) is 9.59 Å². The zero-order chi connectivity index (χ0) is 22.5. The molecule has 0 aromatic carbocycles. The van der Waals surface area contributed by atoms with Crippen LogP contribution in [0.2, 0.25) is 18.1 Å². The van der Waals surface area contributed by atoms with Crippen molar-refractivity contribution in [1.29, 1.82) is 0 Å². The van der Waals surface area contributed by atoms with E-state index in [0.29, 0.717) is 0 Å². The SMILES string of the molecule is CON(C)C(=O)CN(C(=O)OC(C)(C)C)C(C)C(C)=CO[Si](C)(C)C(C)(C)C. The molecule has 0 bridgehead atoms. The van der Waals surface area contributed by atoms with Gasteiger partial charge in [-0.05, 0) is 58.3 Å². The van der Waals surface area contributed by atoms with Crippen LogP contribution in [0.3, 0.4) is 0 Å². The van der Waals surface area contributed by atoms with Gasteiger partial charge in [-0.1, -0.05) is 20.8 Å². The average Bonchev–Trinajstić information content (AvgIpc) is 2.53.